The summed E-state index contributed by atoms with van der Waals surface area (Å²) < 4.78 is 46.4. The maximum absolute atomic E-state index is 12.4. The van der Waals surface area contributed by atoms with Crippen LogP contribution in [0, 0.1) is 11.3 Å². The van der Waals surface area contributed by atoms with E-state index in [1.54, 1.807) is 0 Å². The Labute approximate surface area is 92.7 Å². The van der Waals surface area contributed by atoms with E-state index in [0.717, 1.165) is 0 Å². The normalized spacial score (nSPS) is 11.4. The Morgan fingerprint density at radius 2 is 2.06 bits per heavy atom. The molecule has 0 aromatic carbocycles. The molecule has 9 heteroatoms. The van der Waals surface area contributed by atoms with Gasteiger partial charge in [0.2, 0.25) is 0 Å². The molecule has 0 unspecified atom stereocenters. The second kappa shape index (κ2) is 4.19. The molecule has 1 aromatic heterocycles. The number of aromatic nitrogens is 1. The van der Waals surface area contributed by atoms with Crippen LogP contribution >= 0.6 is 10.7 Å². The fourth-order valence-corrected chi connectivity index (χ4v) is 1.70. The molecule has 0 saturated heterocycles. The number of H-pyrrole nitrogens is 1. The Kier molecular flexibility index (Phi) is 3.30. The Balaban J connectivity index is 3.66. The molecular formula is C7H3ClF2N2O3S. The van der Waals surface area contributed by atoms with Gasteiger partial charge in [0.1, 0.15) is 11.8 Å². The minimum Gasteiger partial charge on any atom is -0.336 e. The van der Waals surface area contributed by atoms with Gasteiger partial charge in [-0.3, -0.25) is 4.79 Å². The summed E-state index contributed by atoms with van der Waals surface area (Å²) in [7, 11) is 0.617. The summed E-state index contributed by atoms with van der Waals surface area (Å²) >= 11 is 0. The van der Waals surface area contributed by atoms with Gasteiger partial charge in [-0.25, -0.2) is 17.2 Å². The van der Waals surface area contributed by atoms with Crippen molar-refractivity contribution in [2.45, 2.75) is 11.5 Å². The highest BCUT2D eigenvalue weighted by atomic mass is 35.7. The van der Waals surface area contributed by atoms with E-state index in [2.05, 4.69) is 0 Å². The number of pyridine rings is 1. The topological polar surface area (TPSA) is 90.8 Å². The number of aromatic amines is 1. The first-order chi connectivity index (χ1) is 7.27. The summed E-state index contributed by atoms with van der Waals surface area (Å²) in [5, 5.41) is 7.70. The van der Waals surface area contributed by atoms with Gasteiger partial charge in [0, 0.05) is 16.7 Å². The van der Waals surface area contributed by atoms with E-state index >= 15 is 0 Å². The van der Waals surface area contributed by atoms with Gasteiger partial charge >= 0.3 is 0 Å². The predicted octanol–water partition coefficient (Wildman–Crippen LogP) is 1.11. The van der Waals surface area contributed by atoms with E-state index in [0.29, 0.717) is 6.07 Å². The van der Waals surface area contributed by atoms with Crippen LogP contribution in [0.5, 0.6) is 0 Å². The number of halogens is 3. The predicted molar refractivity (Wildman–Crippen MR) is 49.8 cm³/mol. The molecule has 0 aliphatic carbocycles. The third-order valence-corrected chi connectivity index (χ3v) is 2.88. The van der Waals surface area contributed by atoms with Crippen molar-refractivity contribution in [1.82, 2.24) is 4.98 Å². The Bertz CT molecular complexity index is 617. The van der Waals surface area contributed by atoms with E-state index in [4.69, 9.17) is 15.9 Å². The van der Waals surface area contributed by atoms with Crippen molar-refractivity contribution in [1.29, 1.82) is 5.26 Å². The van der Waals surface area contributed by atoms with E-state index in [9.17, 15) is 22.0 Å². The van der Waals surface area contributed by atoms with Crippen LogP contribution in [-0.4, -0.2) is 13.4 Å². The molecule has 0 radical (unpaired) electrons. The third kappa shape index (κ3) is 2.37. The minimum atomic E-state index is -4.28. The largest absolute Gasteiger partial charge is 0.336 e. The van der Waals surface area contributed by atoms with Gasteiger partial charge in [-0.05, 0) is 0 Å². The molecule has 5 nitrogen and oxygen atoms in total. The van der Waals surface area contributed by atoms with Crippen LogP contribution in [0.2, 0.25) is 0 Å². The van der Waals surface area contributed by atoms with Gasteiger partial charge in [-0.1, -0.05) is 0 Å². The zero-order valence-electron chi connectivity index (χ0n) is 7.37. The fraction of sp³-hybridized carbons (Fsp3) is 0.143. The highest BCUT2D eigenvalue weighted by Crippen LogP contribution is 2.19. The molecule has 1 aromatic rings. The summed E-state index contributed by atoms with van der Waals surface area (Å²) in [5.74, 6) is 0. The summed E-state index contributed by atoms with van der Waals surface area (Å²) in [5.41, 5.74) is -3.15. The maximum atomic E-state index is 12.4. The summed E-state index contributed by atoms with van der Waals surface area (Å²) in [6.07, 6.45) is -3.18. The second-order valence-corrected chi connectivity index (χ2v) is 5.17. The SMILES string of the molecule is N#Cc1[nH]c(S(=O)(=O)Cl)cc(=O)c1C(F)F. The van der Waals surface area contributed by atoms with E-state index in [-0.39, 0.29) is 0 Å². The number of nitrogens with one attached hydrogen (secondary N) is 1. The van der Waals surface area contributed by atoms with E-state index < -0.39 is 37.2 Å². The average molecular weight is 269 g/mol. The molecule has 0 spiro atoms. The molecule has 0 aliphatic rings. The van der Waals surface area contributed by atoms with Crippen LogP contribution in [0.15, 0.2) is 15.9 Å². The molecule has 0 bridgehead atoms. The Morgan fingerprint density at radius 3 is 2.44 bits per heavy atom. The first kappa shape index (κ1) is 12.6. The lowest BCUT2D eigenvalue weighted by Gasteiger charge is -2.03. The van der Waals surface area contributed by atoms with Gasteiger partial charge < -0.3 is 4.98 Å². The zero-order chi connectivity index (χ0) is 12.5. The van der Waals surface area contributed by atoms with Crippen molar-refractivity contribution in [3.05, 3.63) is 27.5 Å². The third-order valence-electron chi connectivity index (χ3n) is 1.64. The molecule has 0 atom stereocenters. The Morgan fingerprint density at radius 1 is 1.50 bits per heavy atom. The van der Waals surface area contributed by atoms with Crippen molar-refractivity contribution >= 4 is 19.7 Å². The van der Waals surface area contributed by atoms with Crippen molar-refractivity contribution in [3.8, 4) is 6.07 Å². The van der Waals surface area contributed by atoms with Gasteiger partial charge in [-0.2, -0.15) is 5.26 Å². The van der Waals surface area contributed by atoms with Crippen LogP contribution in [0.25, 0.3) is 0 Å². The Hall–Kier alpha value is -1.46. The number of nitriles is 1. The lowest BCUT2D eigenvalue weighted by Crippen LogP contribution is -2.15. The molecule has 0 fully saturated rings. The van der Waals surface area contributed by atoms with Crippen LogP contribution in [-0.2, 0) is 9.05 Å². The first-order valence-corrected chi connectivity index (χ1v) is 5.98. The van der Waals surface area contributed by atoms with Crippen molar-refractivity contribution < 1.29 is 17.2 Å². The molecule has 0 aliphatic heterocycles. The molecular weight excluding hydrogens is 266 g/mol. The molecule has 16 heavy (non-hydrogen) atoms. The fourth-order valence-electron chi connectivity index (χ4n) is 0.983. The number of nitrogens with zero attached hydrogens (tertiary/aromatic N) is 1. The number of rotatable bonds is 2. The molecule has 0 saturated carbocycles. The van der Waals surface area contributed by atoms with Crippen LogP contribution in [0.4, 0.5) is 8.78 Å². The maximum Gasteiger partial charge on any atom is 0.276 e. The standard InChI is InChI=1S/C7H3ClF2N2O3S/c8-16(14,15)5-1-4(13)6(7(9)10)3(2-11)12-5/h1,7H,(H,12,13). The second-order valence-electron chi connectivity index (χ2n) is 2.64. The summed E-state index contributed by atoms with van der Waals surface area (Å²) in [6.45, 7) is 0. The van der Waals surface area contributed by atoms with Crippen LogP contribution in [0.1, 0.15) is 17.7 Å². The average Bonchev–Trinajstić information content (AvgIpc) is 2.14. The monoisotopic (exact) mass is 268 g/mol. The highest BCUT2D eigenvalue weighted by Gasteiger charge is 2.22. The highest BCUT2D eigenvalue weighted by molar-refractivity contribution is 8.13. The quantitative estimate of drug-likeness (QED) is 0.814. The lowest BCUT2D eigenvalue weighted by molar-refractivity contribution is 0.149. The number of hydrogen-bond donors (Lipinski definition) is 1. The summed E-state index contributed by atoms with van der Waals surface area (Å²) in [4.78, 5) is 13.0. The van der Waals surface area contributed by atoms with Gasteiger partial charge in [0.25, 0.3) is 15.5 Å². The summed E-state index contributed by atoms with van der Waals surface area (Å²) in [6, 6.07) is 1.68. The zero-order valence-corrected chi connectivity index (χ0v) is 8.94. The lowest BCUT2D eigenvalue weighted by atomic mass is 10.2. The van der Waals surface area contributed by atoms with Gasteiger partial charge in [-0.15, -0.1) is 0 Å². The molecule has 0 amide bonds. The van der Waals surface area contributed by atoms with Gasteiger partial charge in [0.15, 0.2) is 10.5 Å². The van der Waals surface area contributed by atoms with Crippen molar-refractivity contribution in [2.75, 3.05) is 0 Å². The molecule has 1 heterocycles. The van der Waals surface area contributed by atoms with E-state index in [1.807, 2.05) is 4.98 Å². The van der Waals surface area contributed by atoms with Crippen LogP contribution < -0.4 is 5.43 Å². The molecule has 1 rings (SSSR count). The van der Waals surface area contributed by atoms with Crippen LogP contribution in [0.3, 0.4) is 0 Å². The number of hydrogen-bond acceptors (Lipinski definition) is 4. The first-order valence-electron chi connectivity index (χ1n) is 3.67. The van der Waals surface area contributed by atoms with Crippen molar-refractivity contribution in [3.63, 3.8) is 0 Å². The number of alkyl halides is 2. The minimum absolute atomic E-state index is 0.407. The smallest absolute Gasteiger partial charge is 0.276 e. The molecule has 1 N–H and O–H groups in total. The van der Waals surface area contributed by atoms with Gasteiger partial charge in [0.05, 0.1) is 5.56 Å². The van der Waals surface area contributed by atoms with Crippen molar-refractivity contribution in [2.24, 2.45) is 0 Å². The van der Waals surface area contributed by atoms with E-state index in [1.165, 1.54) is 6.07 Å². The molecule has 86 valence electrons.